The van der Waals surface area contributed by atoms with Gasteiger partial charge >= 0.3 is 5.97 Å². The number of carbonyl (C=O) groups excluding carboxylic acids is 4. The zero-order chi connectivity index (χ0) is 20.4. The number of hydrogen-bond donors (Lipinski definition) is 0. The predicted octanol–water partition coefficient (Wildman–Crippen LogP) is 2.18. The van der Waals surface area contributed by atoms with Gasteiger partial charge in [-0.25, -0.2) is 9.78 Å². The molecule has 8 heteroatoms. The Morgan fingerprint density at radius 1 is 1.00 bits per heavy atom. The highest BCUT2D eigenvalue weighted by Crippen LogP contribution is 2.23. The second kappa shape index (κ2) is 7.59. The van der Waals surface area contributed by atoms with Crippen molar-refractivity contribution < 1.29 is 24.0 Å². The van der Waals surface area contributed by atoms with Crippen LogP contribution in [0, 0.1) is 5.92 Å². The molecule has 2 aromatic rings. The Kier molecular flexibility index (Phi) is 5.21. The number of benzene rings is 1. The Bertz CT molecular complexity index is 935. The number of hydrogen-bond acceptors (Lipinski definition) is 6. The van der Waals surface area contributed by atoms with E-state index in [1.54, 1.807) is 19.2 Å². The first-order chi connectivity index (χ1) is 13.3. The van der Waals surface area contributed by atoms with Gasteiger partial charge in [-0.1, -0.05) is 37.1 Å². The molecule has 0 atom stereocenters. The third kappa shape index (κ3) is 3.62. The normalized spacial score (nSPS) is 12.9. The summed E-state index contributed by atoms with van der Waals surface area (Å²) in [5.41, 5.74) is 0.209. The lowest BCUT2D eigenvalue weighted by Gasteiger charge is -2.19. The van der Waals surface area contributed by atoms with Crippen molar-refractivity contribution in [3.63, 3.8) is 0 Å². The lowest BCUT2D eigenvalue weighted by molar-refractivity contribution is -0.0588. The van der Waals surface area contributed by atoms with Crippen LogP contribution in [-0.4, -0.2) is 52.2 Å². The largest absolute Gasteiger partial charge is 0.382 e. The van der Waals surface area contributed by atoms with E-state index in [2.05, 4.69) is 4.98 Å². The van der Waals surface area contributed by atoms with Gasteiger partial charge in [-0.3, -0.25) is 14.4 Å². The number of rotatable bonds is 5. The first-order valence-electron chi connectivity index (χ1n) is 8.72. The quantitative estimate of drug-likeness (QED) is 0.737. The van der Waals surface area contributed by atoms with Crippen LogP contribution >= 0.6 is 0 Å². The summed E-state index contributed by atoms with van der Waals surface area (Å²) in [5.74, 6) is -2.52. The third-order valence-electron chi connectivity index (χ3n) is 4.09. The molecule has 0 saturated heterocycles. The van der Waals surface area contributed by atoms with Crippen LogP contribution in [0.1, 0.15) is 55.5 Å². The van der Waals surface area contributed by atoms with E-state index in [4.69, 9.17) is 4.84 Å². The second-order valence-corrected chi connectivity index (χ2v) is 6.82. The van der Waals surface area contributed by atoms with E-state index in [1.165, 1.54) is 35.2 Å². The number of amides is 3. The number of carbonyl (C=O) groups is 4. The maximum atomic E-state index is 12.4. The average Bonchev–Trinajstić information content (AvgIpc) is 2.92. The monoisotopic (exact) mass is 381 g/mol. The van der Waals surface area contributed by atoms with Crippen LogP contribution in [0.4, 0.5) is 0 Å². The molecule has 0 saturated carbocycles. The first-order valence-corrected chi connectivity index (χ1v) is 8.72. The van der Waals surface area contributed by atoms with Gasteiger partial charge < -0.3 is 9.74 Å². The smallest absolute Gasteiger partial charge is 0.340 e. The third-order valence-corrected chi connectivity index (χ3v) is 4.09. The molecule has 0 spiro atoms. The summed E-state index contributed by atoms with van der Waals surface area (Å²) in [6.07, 6.45) is 0. The highest BCUT2D eigenvalue weighted by molar-refractivity contribution is 6.21. The molecule has 0 aliphatic carbocycles. The Balaban J connectivity index is 1.77. The fourth-order valence-corrected chi connectivity index (χ4v) is 2.87. The molecule has 3 amide bonds. The summed E-state index contributed by atoms with van der Waals surface area (Å²) in [5, 5.41) is 0.411. The van der Waals surface area contributed by atoms with Crippen molar-refractivity contribution in [1.82, 2.24) is 14.9 Å². The summed E-state index contributed by atoms with van der Waals surface area (Å²) < 4.78 is 0. The van der Waals surface area contributed by atoms with Gasteiger partial charge in [0.2, 0.25) is 0 Å². The maximum absolute atomic E-state index is 12.4. The fourth-order valence-electron chi connectivity index (χ4n) is 2.87. The van der Waals surface area contributed by atoms with Gasteiger partial charge in [-0.15, -0.1) is 0 Å². The molecule has 0 N–H and O–H groups in total. The molecule has 8 nitrogen and oxygen atoms in total. The lowest BCUT2D eigenvalue weighted by atomic mass is 10.1. The zero-order valence-electron chi connectivity index (χ0n) is 15.7. The minimum atomic E-state index is -1.00. The molecule has 1 aliphatic rings. The topological polar surface area (TPSA) is 96.9 Å². The predicted molar refractivity (Wildman–Crippen MR) is 98.4 cm³/mol. The van der Waals surface area contributed by atoms with Crippen LogP contribution < -0.4 is 0 Å². The van der Waals surface area contributed by atoms with Crippen molar-refractivity contribution in [1.29, 1.82) is 0 Å². The Labute approximate surface area is 161 Å². The van der Waals surface area contributed by atoms with Gasteiger partial charge in [0.25, 0.3) is 17.7 Å². The number of nitrogens with zero attached hydrogens (tertiary/aromatic N) is 3. The van der Waals surface area contributed by atoms with Gasteiger partial charge in [-0.2, -0.15) is 0 Å². The summed E-state index contributed by atoms with van der Waals surface area (Å²) >= 11 is 0. The molecule has 0 bridgehead atoms. The van der Waals surface area contributed by atoms with E-state index in [1.807, 2.05) is 13.8 Å². The maximum Gasteiger partial charge on any atom is 0.382 e. The number of pyridine rings is 1. The molecule has 0 unspecified atom stereocenters. The van der Waals surface area contributed by atoms with Gasteiger partial charge in [0.15, 0.2) is 5.69 Å². The van der Waals surface area contributed by atoms with E-state index in [0.717, 1.165) is 0 Å². The Morgan fingerprint density at radius 2 is 1.57 bits per heavy atom. The van der Waals surface area contributed by atoms with Crippen LogP contribution in [0.15, 0.2) is 42.5 Å². The molecular weight excluding hydrogens is 362 g/mol. The minimum Gasteiger partial charge on any atom is -0.340 e. The molecule has 144 valence electrons. The second-order valence-electron chi connectivity index (χ2n) is 6.82. The highest BCUT2D eigenvalue weighted by atomic mass is 16.7. The highest BCUT2D eigenvalue weighted by Gasteiger charge is 2.39. The number of imide groups is 1. The van der Waals surface area contributed by atoms with Crippen LogP contribution in [-0.2, 0) is 4.84 Å². The number of fused-ring (bicyclic) bond motifs is 1. The zero-order valence-corrected chi connectivity index (χ0v) is 15.7. The van der Waals surface area contributed by atoms with E-state index >= 15 is 0 Å². The van der Waals surface area contributed by atoms with Crippen molar-refractivity contribution in [2.24, 2.45) is 5.92 Å². The standard InChI is InChI=1S/C20H19N3O5/c1-12(2)11-22(3)19(26)15-9-6-10-16(21-15)20(27)28-23-17(24)13-7-4-5-8-14(13)18(23)25/h4-10,12H,11H2,1-3H3. The Morgan fingerprint density at radius 3 is 2.14 bits per heavy atom. The van der Waals surface area contributed by atoms with Crippen molar-refractivity contribution in [2.45, 2.75) is 13.8 Å². The van der Waals surface area contributed by atoms with Crippen LogP contribution in [0.5, 0.6) is 0 Å². The van der Waals surface area contributed by atoms with Crippen molar-refractivity contribution in [3.8, 4) is 0 Å². The van der Waals surface area contributed by atoms with E-state index in [9.17, 15) is 19.2 Å². The lowest BCUT2D eigenvalue weighted by Crippen LogP contribution is -2.33. The SMILES string of the molecule is CC(C)CN(C)C(=O)c1cccc(C(=O)ON2C(=O)c3ccccc3C2=O)n1. The molecule has 0 radical (unpaired) electrons. The first kappa shape index (κ1) is 19.2. The molecule has 1 aliphatic heterocycles. The fraction of sp³-hybridized carbons (Fsp3) is 0.250. The molecule has 28 heavy (non-hydrogen) atoms. The molecular formula is C20H19N3O5. The van der Waals surface area contributed by atoms with Gasteiger partial charge in [-0.05, 0) is 30.2 Å². The van der Waals surface area contributed by atoms with Gasteiger partial charge in [0, 0.05) is 13.6 Å². The van der Waals surface area contributed by atoms with Crippen molar-refractivity contribution in [3.05, 3.63) is 65.0 Å². The molecule has 1 aromatic heterocycles. The molecule has 2 heterocycles. The van der Waals surface area contributed by atoms with E-state index in [0.29, 0.717) is 11.6 Å². The average molecular weight is 381 g/mol. The van der Waals surface area contributed by atoms with Gasteiger partial charge in [0.1, 0.15) is 5.69 Å². The molecule has 1 aromatic carbocycles. The van der Waals surface area contributed by atoms with Crippen molar-refractivity contribution >= 4 is 23.7 Å². The van der Waals surface area contributed by atoms with Crippen LogP contribution in [0.2, 0.25) is 0 Å². The van der Waals surface area contributed by atoms with Gasteiger partial charge in [0.05, 0.1) is 11.1 Å². The number of hydroxylamine groups is 2. The summed E-state index contributed by atoms with van der Waals surface area (Å²) in [6, 6.07) is 10.5. The minimum absolute atomic E-state index is 0.0694. The van der Waals surface area contributed by atoms with Crippen LogP contribution in [0.3, 0.4) is 0 Å². The van der Waals surface area contributed by atoms with E-state index < -0.39 is 17.8 Å². The molecule has 0 fully saturated rings. The molecule has 3 rings (SSSR count). The van der Waals surface area contributed by atoms with E-state index in [-0.39, 0.29) is 34.3 Å². The summed E-state index contributed by atoms with van der Waals surface area (Å²) in [7, 11) is 1.65. The summed E-state index contributed by atoms with van der Waals surface area (Å²) in [6.45, 7) is 4.49. The van der Waals surface area contributed by atoms with Crippen LogP contribution in [0.25, 0.3) is 0 Å². The number of aromatic nitrogens is 1. The Hall–Kier alpha value is -3.55. The van der Waals surface area contributed by atoms with Crippen molar-refractivity contribution in [2.75, 3.05) is 13.6 Å². The summed E-state index contributed by atoms with van der Waals surface area (Å²) in [4.78, 5) is 59.9.